The summed E-state index contributed by atoms with van der Waals surface area (Å²) in [4.78, 5) is 14.1. The van der Waals surface area contributed by atoms with E-state index in [1.807, 2.05) is 14.1 Å². The van der Waals surface area contributed by atoms with Gasteiger partial charge in [0.2, 0.25) is 5.91 Å². The van der Waals surface area contributed by atoms with E-state index >= 15 is 0 Å². The Morgan fingerprint density at radius 2 is 2.05 bits per heavy atom. The predicted octanol–water partition coefficient (Wildman–Crippen LogP) is 1.58. The second-order valence-electron chi connectivity index (χ2n) is 5.37. The van der Waals surface area contributed by atoms with Gasteiger partial charge < -0.3 is 10.2 Å². The van der Waals surface area contributed by atoms with Crippen LogP contribution in [0.15, 0.2) is 0 Å². The fraction of sp³-hybridized carbons (Fsp3) is 0.917. The maximum atomic E-state index is 12.0. The number of rotatable bonds is 6. The molecule has 1 saturated heterocycles. The van der Waals surface area contributed by atoms with Crippen LogP contribution in [0.25, 0.3) is 0 Å². The quantitative estimate of drug-likeness (QED) is 0.775. The first kappa shape index (κ1) is 21.6. The molecule has 1 rings (SSSR count). The van der Waals surface area contributed by atoms with Crippen LogP contribution in [0.1, 0.15) is 20.3 Å². The standard InChI is InChI=1S/C12H25N3OS.2ClH/c1-9(2)5-10(6-15(3)4)14-12(16)11-7-17-8-13-11;;/h9-11,13H,5-8H2,1-4H3,(H,14,16);2*1H. The minimum Gasteiger partial charge on any atom is -0.351 e. The molecule has 7 heteroatoms. The molecule has 0 aromatic heterocycles. The Kier molecular flexibility index (Phi) is 12.5. The smallest absolute Gasteiger partial charge is 0.238 e. The van der Waals surface area contributed by atoms with Gasteiger partial charge in [-0.1, -0.05) is 13.8 Å². The van der Waals surface area contributed by atoms with Gasteiger partial charge in [-0.2, -0.15) is 0 Å². The Balaban J connectivity index is 0. The number of likely N-dealkylation sites (N-methyl/N-ethyl adjacent to an activating group) is 1. The Labute approximate surface area is 133 Å². The van der Waals surface area contributed by atoms with E-state index in [1.54, 1.807) is 11.8 Å². The molecule has 116 valence electrons. The molecule has 1 aliphatic rings. The third kappa shape index (κ3) is 8.97. The summed E-state index contributed by atoms with van der Waals surface area (Å²) in [5.74, 6) is 2.54. The molecule has 0 bridgehead atoms. The van der Waals surface area contributed by atoms with Crippen LogP contribution >= 0.6 is 36.6 Å². The van der Waals surface area contributed by atoms with Gasteiger partial charge in [0, 0.05) is 24.2 Å². The summed E-state index contributed by atoms with van der Waals surface area (Å²) in [7, 11) is 4.09. The highest BCUT2D eigenvalue weighted by atomic mass is 35.5. The predicted molar refractivity (Wildman–Crippen MR) is 88.7 cm³/mol. The lowest BCUT2D eigenvalue weighted by atomic mass is 10.0. The van der Waals surface area contributed by atoms with Crippen molar-refractivity contribution in [2.45, 2.75) is 32.4 Å². The molecule has 4 nitrogen and oxygen atoms in total. The molecule has 19 heavy (non-hydrogen) atoms. The summed E-state index contributed by atoms with van der Waals surface area (Å²) in [5.41, 5.74) is 0. The first-order valence-electron chi connectivity index (χ1n) is 6.25. The highest BCUT2D eigenvalue weighted by Gasteiger charge is 2.25. The second kappa shape index (κ2) is 11.0. The summed E-state index contributed by atoms with van der Waals surface area (Å²) in [6.45, 7) is 5.29. The summed E-state index contributed by atoms with van der Waals surface area (Å²) < 4.78 is 0. The van der Waals surface area contributed by atoms with E-state index in [2.05, 4.69) is 29.4 Å². The van der Waals surface area contributed by atoms with E-state index in [1.165, 1.54) is 0 Å². The summed E-state index contributed by atoms with van der Waals surface area (Å²) in [6.07, 6.45) is 1.03. The number of nitrogens with one attached hydrogen (secondary N) is 2. The fourth-order valence-corrected chi connectivity index (χ4v) is 3.00. The Morgan fingerprint density at radius 3 is 2.47 bits per heavy atom. The molecule has 2 N–H and O–H groups in total. The molecule has 0 aromatic carbocycles. The van der Waals surface area contributed by atoms with Crippen LogP contribution in [0.4, 0.5) is 0 Å². The van der Waals surface area contributed by atoms with Crippen molar-refractivity contribution in [2.24, 2.45) is 5.92 Å². The molecule has 2 atom stereocenters. The number of carbonyl (C=O) groups is 1. The molecule has 0 aromatic rings. The second-order valence-corrected chi connectivity index (χ2v) is 6.40. The van der Waals surface area contributed by atoms with E-state index in [4.69, 9.17) is 0 Å². The highest BCUT2D eigenvalue weighted by Crippen LogP contribution is 2.11. The molecule has 0 saturated carbocycles. The van der Waals surface area contributed by atoms with Crippen molar-refractivity contribution in [3.63, 3.8) is 0 Å². The maximum absolute atomic E-state index is 12.0. The average molecular weight is 332 g/mol. The number of halogens is 2. The van der Waals surface area contributed by atoms with Gasteiger partial charge in [-0.3, -0.25) is 10.1 Å². The average Bonchev–Trinajstić information content (AvgIpc) is 2.67. The van der Waals surface area contributed by atoms with E-state index < -0.39 is 0 Å². The lowest BCUT2D eigenvalue weighted by molar-refractivity contribution is -0.123. The van der Waals surface area contributed by atoms with E-state index in [0.29, 0.717) is 5.92 Å². The van der Waals surface area contributed by atoms with E-state index in [9.17, 15) is 4.79 Å². The van der Waals surface area contributed by atoms with E-state index in [0.717, 1.165) is 24.6 Å². The van der Waals surface area contributed by atoms with Crippen LogP contribution in [0, 0.1) is 5.92 Å². The van der Waals surface area contributed by atoms with Gasteiger partial charge in [0.25, 0.3) is 0 Å². The van der Waals surface area contributed by atoms with Gasteiger partial charge in [0.1, 0.15) is 0 Å². The topological polar surface area (TPSA) is 44.4 Å². The van der Waals surface area contributed by atoms with Crippen LogP contribution < -0.4 is 10.6 Å². The van der Waals surface area contributed by atoms with Crippen LogP contribution in [0.3, 0.4) is 0 Å². The zero-order valence-electron chi connectivity index (χ0n) is 12.1. The van der Waals surface area contributed by atoms with Gasteiger partial charge in [-0.05, 0) is 26.4 Å². The van der Waals surface area contributed by atoms with Crippen LogP contribution in [-0.4, -0.2) is 55.2 Å². The molecule has 1 heterocycles. The number of hydrogen-bond donors (Lipinski definition) is 2. The molecular formula is C12H27Cl2N3OS. The molecule has 1 fully saturated rings. The number of amides is 1. The molecule has 0 radical (unpaired) electrons. The van der Waals surface area contributed by atoms with Gasteiger partial charge in [-0.15, -0.1) is 36.6 Å². The Morgan fingerprint density at radius 1 is 1.42 bits per heavy atom. The van der Waals surface area contributed by atoms with Gasteiger partial charge in [0.15, 0.2) is 0 Å². The number of hydrogen-bond acceptors (Lipinski definition) is 4. The third-order valence-corrected chi connectivity index (χ3v) is 3.66. The van der Waals surface area contributed by atoms with Crippen molar-refractivity contribution in [1.29, 1.82) is 0 Å². The van der Waals surface area contributed by atoms with Crippen molar-refractivity contribution >= 4 is 42.5 Å². The largest absolute Gasteiger partial charge is 0.351 e. The minimum atomic E-state index is -0.00294. The van der Waals surface area contributed by atoms with E-state index in [-0.39, 0.29) is 42.8 Å². The molecule has 1 amide bonds. The molecule has 0 spiro atoms. The highest BCUT2D eigenvalue weighted by molar-refractivity contribution is 7.99. The molecular weight excluding hydrogens is 305 g/mol. The van der Waals surface area contributed by atoms with Gasteiger partial charge in [0.05, 0.1) is 6.04 Å². The Hall–Kier alpha value is 0.320. The zero-order valence-corrected chi connectivity index (χ0v) is 14.6. The van der Waals surface area contributed by atoms with Crippen LogP contribution in [0.5, 0.6) is 0 Å². The van der Waals surface area contributed by atoms with Crippen molar-refractivity contribution in [3.8, 4) is 0 Å². The minimum absolute atomic E-state index is 0. The van der Waals surface area contributed by atoms with Gasteiger partial charge >= 0.3 is 0 Å². The normalized spacial score (nSPS) is 19.8. The Bertz CT molecular complexity index is 239. The summed E-state index contributed by atoms with van der Waals surface area (Å²) in [5, 5.41) is 6.37. The van der Waals surface area contributed by atoms with Crippen molar-refractivity contribution < 1.29 is 4.79 Å². The van der Waals surface area contributed by atoms with Crippen LogP contribution in [-0.2, 0) is 4.79 Å². The first-order chi connectivity index (χ1) is 7.99. The van der Waals surface area contributed by atoms with Crippen molar-refractivity contribution in [1.82, 2.24) is 15.5 Å². The molecule has 1 aliphatic heterocycles. The van der Waals surface area contributed by atoms with Gasteiger partial charge in [-0.25, -0.2) is 0 Å². The van der Waals surface area contributed by atoms with Crippen LogP contribution in [0.2, 0.25) is 0 Å². The first-order valence-corrected chi connectivity index (χ1v) is 7.40. The lowest BCUT2D eigenvalue weighted by Gasteiger charge is -2.25. The number of thioether (sulfide) groups is 1. The zero-order chi connectivity index (χ0) is 12.8. The SMILES string of the molecule is CC(C)CC(CN(C)C)NC(=O)C1CSCN1.Cl.Cl. The number of carbonyl (C=O) groups excluding carboxylic acids is 1. The monoisotopic (exact) mass is 331 g/mol. The summed E-state index contributed by atoms with van der Waals surface area (Å²) >= 11 is 1.78. The summed E-state index contributed by atoms with van der Waals surface area (Å²) in [6, 6.07) is 0.252. The fourth-order valence-electron chi connectivity index (χ4n) is 2.05. The van der Waals surface area contributed by atoms with Crippen molar-refractivity contribution in [3.05, 3.63) is 0 Å². The third-order valence-electron chi connectivity index (χ3n) is 2.72. The van der Waals surface area contributed by atoms with Crippen molar-refractivity contribution in [2.75, 3.05) is 32.3 Å². The lowest BCUT2D eigenvalue weighted by Crippen LogP contribution is -2.49. The number of nitrogens with zero attached hydrogens (tertiary/aromatic N) is 1. The molecule has 0 aliphatic carbocycles. The maximum Gasteiger partial charge on any atom is 0.238 e. The molecule has 2 unspecified atom stereocenters.